The minimum Gasteiger partial charge on any atom is -0.507 e. The fourth-order valence-corrected chi connectivity index (χ4v) is 3.12. The highest BCUT2D eigenvalue weighted by molar-refractivity contribution is 5.51. The van der Waals surface area contributed by atoms with E-state index in [9.17, 15) is 23.4 Å². The first kappa shape index (κ1) is 16.1. The predicted octanol–water partition coefficient (Wildman–Crippen LogP) is 3.47. The van der Waals surface area contributed by atoms with E-state index in [1.54, 1.807) is 6.92 Å². The highest BCUT2D eigenvalue weighted by Crippen LogP contribution is 2.54. The zero-order valence-corrected chi connectivity index (χ0v) is 12.0. The Labute approximate surface area is 121 Å². The van der Waals surface area contributed by atoms with Gasteiger partial charge in [-0.1, -0.05) is 26.0 Å². The number of phenolic OH excluding ortho intramolecular Hbond substituents is 1. The van der Waals surface area contributed by atoms with Crippen molar-refractivity contribution in [3.05, 3.63) is 28.8 Å². The van der Waals surface area contributed by atoms with Gasteiger partial charge in [0.1, 0.15) is 5.75 Å². The molecule has 0 saturated carbocycles. The summed E-state index contributed by atoms with van der Waals surface area (Å²) in [5, 5.41) is 20.3. The van der Waals surface area contributed by atoms with Crippen molar-refractivity contribution < 1.29 is 23.4 Å². The van der Waals surface area contributed by atoms with Gasteiger partial charge in [-0.25, -0.2) is 5.73 Å². The van der Waals surface area contributed by atoms with Crippen LogP contribution in [0.3, 0.4) is 0 Å². The summed E-state index contributed by atoms with van der Waals surface area (Å²) >= 11 is 0. The topological polar surface area (TPSA) is 64.3 Å². The van der Waals surface area contributed by atoms with Crippen molar-refractivity contribution in [1.29, 1.82) is 0 Å². The van der Waals surface area contributed by atoms with E-state index >= 15 is 0 Å². The fraction of sp³-hybridized carbons (Fsp3) is 0.600. The Kier molecular flexibility index (Phi) is 3.97. The molecule has 0 spiro atoms. The number of nitrogens with one attached hydrogen (secondary N) is 1. The molecular weight excluding hydrogens is 283 g/mol. The van der Waals surface area contributed by atoms with Crippen molar-refractivity contribution in [3.63, 3.8) is 0 Å². The molecule has 1 radical (unpaired) electrons. The number of hydrogen-bond donors (Lipinski definition) is 2. The van der Waals surface area contributed by atoms with Crippen LogP contribution in [-0.4, -0.2) is 22.0 Å². The van der Waals surface area contributed by atoms with Crippen LogP contribution >= 0.6 is 0 Å². The third kappa shape index (κ3) is 2.30. The summed E-state index contributed by atoms with van der Waals surface area (Å²) in [6.45, 7) is 3.56. The lowest BCUT2D eigenvalue weighted by Crippen LogP contribution is -2.53. The highest BCUT2D eigenvalue weighted by Gasteiger charge is 2.61. The molecule has 0 aliphatic heterocycles. The van der Waals surface area contributed by atoms with Gasteiger partial charge in [0.05, 0.1) is 6.04 Å². The van der Waals surface area contributed by atoms with Gasteiger partial charge in [-0.05, 0) is 36.3 Å². The monoisotopic (exact) mass is 302 g/mol. The van der Waals surface area contributed by atoms with Crippen LogP contribution in [0, 0.1) is 0 Å². The highest BCUT2D eigenvalue weighted by atomic mass is 19.4. The Morgan fingerprint density at radius 2 is 1.95 bits per heavy atom. The fourth-order valence-electron chi connectivity index (χ4n) is 3.12. The van der Waals surface area contributed by atoms with Crippen molar-refractivity contribution >= 4 is 0 Å². The van der Waals surface area contributed by atoms with E-state index in [4.69, 9.17) is 5.73 Å². The zero-order valence-electron chi connectivity index (χ0n) is 12.0. The van der Waals surface area contributed by atoms with Gasteiger partial charge >= 0.3 is 6.18 Å². The number of halogens is 3. The van der Waals surface area contributed by atoms with Crippen LogP contribution in [-0.2, 0) is 6.42 Å². The summed E-state index contributed by atoms with van der Waals surface area (Å²) in [5.74, 6) is -0.636. The van der Waals surface area contributed by atoms with Gasteiger partial charge < -0.3 is 10.2 Å². The number of hydrogen-bond acceptors (Lipinski definition) is 2. The van der Waals surface area contributed by atoms with Crippen LogP contribution in [0.2, 0.25) is 0 Å². The van der Waals surface area contributed by atoms with E-state index < -0.39 is 30.2 Å². The van der Waals surface area contributed by atoms with Crippen molar-refractivity contribution in [2.45, 2.75) is 56.8 Å². The van der Waals surface area contributed by atoms with E-state index in [-0.39, 0.29) is 11.3 Å². The minimum absolute atomic E-state index is 0.0247. The molecule has 1 aliphatic carbocycles. The van der Waals surface area contributed by atoms with Crippen molar-refractivity contribution in [2.75, 3.05) is 0 Å². The van der Waals surface area contributed by atoms with Gasteiger partial charge in [-0.15, -0.1) is 0 Å². The number of phenols is 1. The number of alkyl halides is 3. The molecule has 21 heavy (non-hydrogen) atoms. The molecular formula is C15H19F3NO2. The molecule has 2 rings (SSSR count). The molecule has 0 saturated heterocycles. The molecule has 1 aromatic carbocycles. The molecule has 0 heterocycles. The molecule has 0 aromatic heterocycles. The Balaban J connectivity index is 2.65. The van der Waals surface area contributed by atoms with Gasteiger partial charge in [0, 0.05) is 5.56 Å². The Bertz CT molecular complexity index is 544. The summed E-state index contributed by atoms with van der Waals surface area (Å²) in [4.78, 5) is 0. The van der Waals surface area contributed by atoms with Crippen molar-refractivity contribution in [1.82, 2.24) is 5.73 Å². The number of aromatic hydroxyl groups is 1. The lowest BCUT2D eigenvalue weighted by Gasteiger charge is -2.43. The average Bonchev–Trinajstić information content (AvgIpc) is 2.41. The van der Waals surface area contributed by atoms with Gasteiger partial charge in [-0.2, -0.15) is 13.2 Å². The number of aryl methyl sites for hydroxylation is 1. The molecule has 3 atom stereocenters. The summed E-state index contributed by atoms with van der Waals surface area (Å²) in [7, 11) is 0. The Morgan fingerprint density at radius 3 is 2.43 bits per heavy atom. The maximum atomic E-state index is 13.2. The molecule has 117 valence electrons. The SMILES string of the molecule is CCc1ccc2c(c1O)[C@@H](CC)C[C@](O)(C(F)(F)F)[C@H]2[NH]. The smallest absolute Gasteiger partial charge is 0.419 e. The van der Waals surface area contributed by atoms with E-state index in [1.165, 1.54) is 12.1 Å². The van der Waals surface area contributed by atoms with Crippen molar-refractivity contribution in [2.24, 2.45) is 0 Å². The normalized spacial score (nSPS) is 29.3. The summed E-state index contributed by atoms with van der Waals surface area (Å²) in [5.41, 5.74) is 5.92. The second-order valence-corrected chi connectivity index (χ2v) is 5.59. The minimum atomic E-state index is -4.87. The number of fused-ring (bicyclic) bond motifs is 1. The van der Waals surface area contributed by atoms with Gasteiger partial charge in [0.25, 0.3) is 0 Å². The van der Waals surface area contributed by atoms with E-state index in [0.29, 0.717) is 24.0 Å². The second-order valence-electron chi connectivity index (χ2n) is 5.59. The predicted molar refractivity (Wildman–Crippen MR) is 72.0 cm³/mol. The van der Waals surface area contributed by atoms with Crippen LogP contribution in [0.1, 0.15) is 55.3 Å². The maximum absolute atomic E-state index is 13.2. The van der Waals surface area contributed by atoms with Crippen LogP contribution in [0.15, 0.2) is 12.1 Å². The van der Waals surface area contributed by atoms with Gasteiger partial charge in [-0.3, -0.25) is 0 Å². The molecule has 0 fully saturated rings. The largest absolute Gasteiger partial charge is 0.507 e. The van der Waals surface area contributed by atoms with Crippen LogP contribution < -0.4 is 5.73 Å². The first-order valence-electron chi connectivity index (χ1n) is 7.02. The first-order valence-corrected chi connectivity index (χ1v) is 7.02. The lowest BCUT2D eigenvalue weighted by atomic mass is 9.69. The quantitative estimate of drug-likeness (QED) is 0.878. The molecule has 0 amide bonds. The van der Waals surface area contributed by atoms with Crippen LogP contribution in [0.5, 0.6) is 5.75 Å². The molecule has 3 N–H and O–H groups in total. The molecule has 3 nitrogen and oxygen atoms in total. The maximum Gasteiger partial charge on any atom is 0.419 e. The summed E-state index contributed by atoms with van der Waals surface area (Å²) in [6.07, 6.45) is -4.54. The van der Waals surface area contributed by atoms with E-state index in [1.807, 2.05) is 6.92 Å². The first-order chi connectivity index (χ1) is 9.67. The van der Waals surface area contributed by atoms with Gasteiger partial charge in [0.15, 0.2) is 5.60 Å². The van der Waals surface area contributed by atoms with Crippen molar-refractivity contribution in [3.8, 4) is 5.75 Å². The third-order valence-electron chi connectivity index (χ3n) is 4.45. The molecule has 0 bridgehead atoms. The standard InChI is InChI=1S/C15H19F3NO2/c1-3-8-5-6-10-11(12(8)20)9(4-2)7-14(21,13(10)19)15(16,17)18/h5-6,9,13,19-21H,3-4,7H2,1-2H3/t9-,13-,14+/m0/s1. The number of benzene rings is 1. The lowest BCUT2D eigenvalue weighted by molar-refractivity contribution is -0.275. The Hall–Kier alpha value is -1.27. The second kappa shape index (κ2) is 5.18. The van der Waals surface area contributed by atoms with Gasteiger partial charge in [0.2, 0.25) is 0 Å². The van der Waals surface area contributed by atoms with E-state index in [0.717, 1.165) is 0 Å². The zero-order chi connectivity index (χ0) is 16.0. The average molecular weight is 302 g/mol. The third-order valence-corrected chi connectivity index (χ3v) is 4.45. The number of rotatable bonds is 2. The van der Waals surface area contributed by atoms with Crippen LogP contribution in [0.4, 0.5) is 13.2 Å². The summed E-state index contributed by atoms with van der Waals surface area (Å²) < 4.78 is 39.6. The molecule has 1 aromatic rings. The molecule has 1 aliphatic rings. The van der Waals surface area contributed by atoms with E-state index in [2.05, 4.69) is 0 Å². The molecule has 0 unspecified atom stereocenters. The number of aliphatic hydroxyl groups is 1. The molecule has 6 heteroatoms. The van der Waals surface area contributed by atoms with Crippen LogP contribution in [0.25, 0.3) is 0 Å². The Morgan fingerprint density at radius 1 is 1.33 bits per heavy atom. The summed E-state index contributed by atoms with van der Waals surface area (Å²) in [6, 6.07) is 1.13.